The van der Waals surface area contributed by atoms with Crippen molar-refractivity contribution in [3.8, 4) is 0 Å². The topological polar surface area (TPSA) is 17.1 Å². The Labute approximate surface area is 90.5 Å². The predicted molar refractivity (Wildman–Crippen MR) is 59.9 cm³/mol. The molecule has 1 saturated carbocycles. The molecule has 0 heterocycles. The molecule has 1 heteroatoms. The number of carbonyl (C=O) groups is 1. The molecule has 2 aliphatic carbocycles. The minimum atomic E-state index is 0.224. The lowest BCUT2D eigenvalue weighted by Crippen LogP contribution is -2.10. The smallest absolute Gasteiger partial charge is 0.140 e. The van der Waals surface area contributed by atoms with Crippen LogP contribution in [-0.2, 0) is 11.2 Å². The Balaban J connectivity index is 1.80. The summed E-state index contributed by atoms with van der Waals surface area (Å²) in [7, 11) is 0. The minimum Gasteiger partial charge on any atom is -0.299 e. The van der Waals surface area contributed by atoms with Crippen molar-refractivity contribution in [2.45, 2.75) is 38.0 Å². The van der Waals surface area contributed by atoms with E-state index in [-0.39, 0.29) is 5.92 Å². The third kappa shape index (κ3) is 1.71. The number of hydrogen-bond donors (Lipinski definition) is 0. The summed E-state index contributed by atoms with van der Waals surface area (Å²) in [6, 6.07) is 8.44. The first-order valence-electron chi connectivity index (χ1n) is 5.95. The number of aryl methyl sites for hydroxylation is 1. The second kappa shape index (κ2) is 3.48. The summed E-state index contributed by atoms with van der Waals surface area (Å²) in [4.78, 5) is 12.1. The molecule has 1 aromatic carbocycles. The number of ketones is 1. The lowest BCUT2D eigenvalue weighted by molar-refractivity contribution is -0.120. The van der Waals surface area contributed by atoms with E-state index in [0.29, 0.717) is 5.78 Å². The van der Waals surface area contributed by atoms with Crippen molar-refractivity contribution in [1.29, 1.82) is 0 Å². The molecule has 2 aliphatic rings. The van der Waals surface area contributed by atoms with Crippen LogP contribution in [0.25, 0.3) is 0 Å². The van der Waals surface area contributed by atoms with E-state index in [4.69, 9.17) is 0 Å². The molecule has 0 aromatic heterocycles. The van der Waals surface area contributed by atoms with Gasteiger partial charge in [0.25, 0.3) is 0 Å². The van der Waals surface area contributed by atoms with Crippen LogP contribution >= 0.6 is 0 Å². The summed E-state index contributed by atoms with van der Waals surface area (Å²) in [5.41, 5.74) is 2.70. The molecule has 78 valence electrons. The molecule has 0 spiro atoms. The van der Waals surface area contributed by atoms with Gasteiger partial charge >= 0.3 is 0 Å². The molecule has 0 bridgehead atoms. The number of hydrogen-bond acceptors (Lipinski definition) is 1. The fraction of sp³-hybridized carbons (Fsp3) is 0.500. The van der Waals surface area contributed by atoms with Gasteiger partial charge in [-0.1, -0.05) is 24.3 Å². The normalized spacial score (nSPS) is 23.9. The van der Waals surface area contributed by atoms with E-state index in [1.165, 1.54) is 24.0 Å². The van der Waals surface area contributed by atoms with Crippen molar-refractivity contribution < 1.29 is 4.79 Å². The van der Waals surface area contributed by atoms with Crippen LogP contribution in [0.2, 0.25) is 0 Å². The number of Topliss-reactive ketones (excluding diaryl/α,β-unsaturated/α-hetero) is 1. The SMILES string of the molecule is O=C(CC1CC1)C1CCc2ccccc21. The molecule has 1 atom stereocenters. The van der Waals surface area contributed by atoms with Crippen molar-refractivity contribution in [3.05, 3.63) is 35.4 Å². The van der Waals surface area contributed by atoms with Crippen molar-refractivity contribution in [3.63, 3.8) is 0 Å². The van der Waals surface area contributed by atoms with Crippen molar-refractivity contribution >= 4 is 5.78 Å². The van der Waals surface area contributed by atoms with Gasteiger partial charge in [-0.25, -0.2) is 0 Å². The van der Waals surface area contributed by atoms with E-state index < -0.39 is 0 Å². The summed E-state index contributed by atoms with van der Waals surface area (Å²) in [6.07, 6.45) is 5.53. The first-order valence-corrected chi connectivity index (χ1v) is 5.95. The van der Waals surface area contributed by atoms with Gasteiger partial charge in [0.15, 0.2) is 0 Å². The zero-order chi connectivity index (χ0) is 10.3. The van der Waals surface area contributed by atoms with Gasteiger partial charge in [-0.3, -0.25) is 4.79 Å². The third-order valence-electron chi connectivity index (χ3n) is 3.71. The van der Waals surface area contributed by atoms with E-state index in [9.17, 15) is 4.79 Å². The van der Waals surface area contributed by atoms with Crippen LogP contribution in [0, 0.1) is 5.92 Å². The highest BCUT2D eigenvalue weighted by Crippen LogP contribution is 2.39. The molecule has 0 amide bonds. The molecule has 1 aromatic rings. The van der Waals surface area contributed by atoms with E-state index in [1.54, 1.807) is 0 Å². The number of benzene rings is 1. The molecule has 1 unspecified atom stereocenters. The summed E-state index contributed by atoms with van der Waals surface area (Å²) >= 11 is 0. The summed E-state index contributed by atoms with van der Waals surface area (Å²) in [5, 5.41) is 0. The Kier molecular flexibility index (Phi) is 2.12. The highest BCUT2D eigenvalue weighted by atomic mass is 16.1. The maximum absolute atomic E-state index is 12.1. The van der Waals surface area contributed by atoms with Crippen LogP contribution in [0.4, 0.5) is 0 Å². The second-order valence-corrected chi connectivity index (χ2v) is 4.90. The van der Waals surface area contributed by atoms with Gasteiger partial charge in [0.05, 0.1) is 0 Å². The van der Waals surface area contributed by atoms with E-state index in [1.807, 2.05) is 0 Å². The standard InChI is InChI=1S/C14H16O/c15-14(9-10-5-6-10)13-8-7-11-3-1-2-4-12(11)13/h1-4,10,13H,5-9H2. The molecule has 0 radical (unpaired) electrons. The zero-order valence-corrected chi connectivity index (χ0v) is 8.91. The van der Waals surface area contributed by atoms with Crippen LogP contribution < -0.4 is 0 Å². The van der Waals surface area contributed by atoms with Crippen molar-refractivity contribution in [2.24, 2.45) is 5.92 Å². The highest BCUT2D eigenvalue weighted by Gasteiger charge is 2.32. The number of rotatable bonds is 3. The molecule has 0 N–H and O–H groups in total. The summed E-state index contributed by atoms with van der Waals surface area (Å²) < 4.78 is 0. The van der Waals surface area contributed by atoms with Crippen LogP contribution in [0.5, 0.6) is 0 Å². The first-order chi connectivity index (χ1) is 7.34. The Morgan fingerprint density at radius 2 is 2.00 bits per heavy atom. The molecule has 0 aliphatic heterocycles. The lowest BCUT2D eigenvalue weighted by Gasteiger charge is -2.09. The Morgan fingerprint density at radius 3 is 2.80 bits per heavy atom. The molecule has 1 nitrogen and oxygen atoms in total. The lowest BCUT2D eigenvalue weighted by atomic mass is 9.94. The monoisotopic (exact) mass is 200 g/mol. The van der Waals surface area contributed by atoms with Crippen LogP contribution in [-0.4, -0.2) is 5.78 Å². The minimum absolute atomic E-state index is 0.224. The average Bonchev–Trinajstić information content (AvgIpc) is 2.96. The maximum Gasteiger partial charge on any atom is 0.140 e. The Morgan fingerprint density at radius 1 is 1.20 bits per heavy atom. The molecule has 1 fully saturated rings. The van der Waals surface area contributed by atoms with Gasteiger partial charge in [0, 0.05) is 12.3 Å². The van der Waals surface area contributed by atoms with Gasteiger partial charge in [0.2, 0.25) is 0 Å². The quantitative estimate of drug-likeness (QED) is 0.732. The largest absolute Gasteiger partial charge is 0.299 e. The predicted octanol–water partition coefficient (Wildman–Crippen LogP) is 3.09. The van der Waals surface area contributed by atoms with Crippen LogP contribution in [0.15, 0.2) is 24.3 Å². The third-order valence-corrected chi connectivity index (χ3v) is 3.71. The Hall–Kier alpha value is -1.11. The van der Waals surface area contributed by atoms with Gasteiger partial charge in [-0.05, 0) is 42.7 Å². The fourth-order valence-corrected chi connectivity index (χ4v) is 2.64. The second-order valence-electron chi connectivity index (χ2n) is 4.90. The van der Waals surface area contributed by atoms with Gasteiger partial charge in [-0.2, -0.15) is 0 Å². The maximum atomic E-state index is 12.1. The van der Waals surface area contributed by atoms with Gasteiger partial charge < -0.3 is 0 Å². The van der Waals surface area contributed by atoms with Crippen molar-refractivity contribution in [1.82, 2.24) is 0 Å². The molecular formula is C14H16O. The van der Waals surface area contributed by atoms with E-state index in [2.05, 4.69) is 24.3 Å². The Bertz CT molecular complexity index is 390. The molecule has 0 saturated heterocycles. The van der Waals surface area contributed by atoms with Crippen LogP contribution in [0.1, 0.15) is 42.7 Å². The summed E-state index contributed by atoms with van der Waals surface area (Å²) in [5.74, 6) is 1.44. The van der Waals surface area contributed by atoms with Gasteiger partial charge in [-0.15, -0.1) is 0 Å². The number of fused-ring (bicyclic) bond motifs is 1. The van der Waals surface area contributed by atoms with Crippen LogP contribution in [0.3, 0.4) is 0 Å². The highest BCUT2D eigenvalue weighted by molar-refractivity contribution is 5.87. The number of carbonyl (C=O) groups excluding carboxylic acids is 1. The molecule has 15 heavy (non-hydrogen) atoms. The van der Waals surface area contributed by atoms with E-state index in [0.717, 1.165) is 25.2 Å². The zero-order valence-electron chi connectivity index (χ0n) is 8.91. The average molecular weight is 200 g/mol. The molecule has 3 rings (SSSR count). The fourth-order valence-electron chi connectivity index (χ4n) is 2.64. The molecular weight excluding hydrogens is 184 g/mol. The van der Waals surface area contributed by atoms with E-state index >= 15 is 0 Å². The first kappa shape index (κ1) is 9.14. The summed E-state index contributed by atoms with van der Waals surface area (Å²) in [6.45, 7) is 0. The van der Waals surface area contributed by atoms with Gasteiger partial charge in [0.1, 0.15) is 5.78 Å². The van der Waals surface area contributed by atoms with Crippen molar-refractivity contribution in [2.75, 3.05) is 0 Å².